The van der Waals surface area contributed by atoms with Crippen molar-refractivity contribution in [1.29, 1.82) is 0 Å². The van der Waals surface area contributed by atoms with Crippen molar-refractivity contribution in [2.75, 3.05) is 30.0 Å². The van der Waals surface area contributed by atoms with Crippen LogP contribution in [-0.4, -0.2) is 64.2 Å². The number of sulfonamides is 1. The summed E-state index contributed by atoms with van der Waals surface area (Å²) in [6.07, 6.45) is -2.23. The maximum absolute atomic E-state index is 14.4. The fourth-order valence-corrected chi connectivity index (χ4v) is 5.30. The number of Topliss-reactive ketones (excluding diaryl/α,β-unsaturated/α-hetero) is 1. The second-order valence-corrected chi connectivity index (χ2v) is 10.3. The highest BCUT2D eigenvalue weighted by atomic mass is 79.9. The Labute approximate surface area is 187 Å². The highest BCUT2D eigenvalue weighted by Crippen LogP contribution is 2.40. The number of piperidine rings is 1. The van der Waals surface area contributed by atoms with E-state index < -0.39 is 49.1 Å². The van der Waals surface area contributed by atoms with Gasteiger partial charge in [0.2, 0.25) is 21.8 Å². The molecule has 15 heteroatoms. The van der Waals surface area contributed by atoms with Gasteiger partial charge >= 0.3 is 6.18 Å². The van der Waals surface area contributed by atoms with Crippen molar-refractivity contribution in [2.45, 2.75) is 25.1 Å². The number of carbonyl (C=O) groups is 1. The van der Waals surface area contributed by atoms with E-state index in [4.69, 9.17) is 0 Å². The highest BCUT2D eigenvalue weighted by Gasteiger charge is 2.40. The maximum atomic E-state index is 14.4. The predicted molar refractivity (Wildman–Crippen MR) is 109 cm³/mol. The first kappa shape index (κ1) is 23.9. The zero-order valence-electron chi connectivity index (χ0n) is 15.9. The molecule has 1 aliphatic heterocycles. The van der Waals surface area contributed by atoms with Gasteiger partial charge in [0.05, 0.1) is 22.7 Å². The fraction of sp³-hybridized carbons (Fsp3) is 0.500. The number of hydrogen-bond acceptors (Lipinski definition) is 8. The Morgan fingerprint density at radius 2 is 1.97 bits per heavy atom. The third kappa shape index (κ3) is 5.56. The monoisotopic (exact) mass is 545 g/mol. The smallest absolute Gasteiger partial charge is 0.351 e. The molecule has 3 heterocycles. The number of aromatic nitrogens is 3. The molecule has 170 valence electrons. The number of anilines is 1. The van der Waals surface area contributed by atoms with Crippen LogP contribution in [0.1, 0.15) is 28.3 Å². The molecule has 3 rings (SSSR count). The Bertz CT molecular complexity index is 1090. The number of alkyl halides is 4. The summed E-state index contributed by atoms with van der Waals surface area (Å²) in [5, 5.41) is 2.26. The van der Waals surface area contributed by atoms with E-state index >= 15 is 0 Å². The Balaban J connectivity index is 1.89. The van der Waals surface area contributed by atoms with Crippen LogP contribution in [0.4, 0.5) is 23.5 Å². The average molecular weight is 546 g/mol. The van der Waals surface area contributed by atoms with E-state index in [9.17, 15) is 30.8 Å². The molecule has 0 atom stereocenters. The molecule has 1 N–H and O–H groups in total. The fourth-order valence-electron chi connectivity index (χ4n) is 2.96. The van der Waals surface area contributed by atoms with Gasteiger partial charge in [-0.3, -0.25) is 4.79 Å². The lowest BCUT2D eigenvalue weighted by molar-refractivity contribution is -0.140. The lowest BCUT2D eigenvalue weighted by Gasteiger charge is -2.30. The van der Waals surface area contributed by atoms with Crippen LogP contribution in [0.5, 0.6) is 0 Å². The van der Waals surface area contributed by atoms with Crippen LogP contribution in [0, 0.1) is 5.82 Å². The average Bonchev–Trinajstić information content (AvgIpc) is 3.14. The summed E-state index contributed by atoms with van der Waals surface area (Å²) in [5.74, 6) is -1.87. The van der Waals surface area contributed by atoms with Gasteiger partial charge in [-0.2, -0.15) is 13.2 Å². The standard InChI is InChI=1S/C16H16BrF4N5O3S2/c1-31(28,29)26-4-2-8(3-5-26)23-15-22-7-9(18)11(24-15)12-13(16(19,20)21)25-14(30-12)10(27)6-17/h7-8H,2-6H2,1H3,(H,22,23,24). The van der Waals surface area contributed by atoms with E-state index in [2.05, 4.69) is 36.2 Å². The van der Waals surface area contributed by atoms with E-state index in [1.165, 1.54) is 4.31 Å². The second kappa shape index (κ2) is 9.03. The van der Waals surface area contributed by atoms with Gasteiger partial charge in [0.25, 0.3) is 0 Å². The number of ketones is 1. The quantitative estimate of drug-likeness (QED) is 0.337. The molecule has 0 radical (unpaired) electrons. The van der Waals surface area contributed by atoms with Crippen molar-refractivity contribution in [3.8, 4) is 10.6 Å². The highest BCUT2D eigenvalue weighted by molar-refractivity contribution is 9.09. The lowest BCUT2D eigenvalue weighted by atomic mass is 10.1. The zero-order chi connectivity index (χ0) is 23.0. The Hall–Kier alpha value is -1.71. The normalized spacial score (nSPS) is 16.5. The minimum Gasteiger partial charge on any atom is -0.351 e. The number of halogens is 5. The van der Waals surface area contributed by atoms with Crippen molar-refractivity contribution < 1.29 is 30.8 Å². The van der Waals surface area contributed by atoms with Gasteiger partial charge in [-0.1, -0.05) is 15.9 Å². The van der Waals surface area contributed by atoms with Gasteiger partial charge < -0.3 is 5.32 Å². The van der Waals surface area contributed by atoms with Crippen LogP contribution in [0.25, 0.3) is 10.6 Å². The zero-order valence-corrected chi connectivity index (χ0v) is 19.1. The van der Waals surface area contributed by atoms with Crippen molar-refractivity contribution in [2.24, 2.45) is 0 Å². The van der Waals surface area contributed by atoms with E-state index in [0.29, 0.717) is 24.2 Å². The Morgan fingerprint density at radius 3 is 2.52 bits per heavy atom. The molecule has 0 spiro atoms. The van der Waals surface area contributed by atoms with Crippen molar-refractivity contribution >= 4 is 49.0 Å². The van der Waals surface area contributed by atoms with Gasteiger partial charge in [0.1, 0.15) is 5.69 Å². The van der Waals surface area contributed by atoms with Crippen molar-refractivity contribution in [3.05, 3.63) is 22.7 Å². The van der Waals surface area contributed by atoms with Crippen molar-refractivity contribution in [3.63, 3.8) is 0 Å². The number of carbonyl (C=O) groups excluding carboxylic acids is 1. The van der Waals surface area contributed by atoms with Gasteiger partial charge in [-0.25, -0.2) is 32.1 Å². The first-order valence-electron chi connectivity index (χ1n) is 8.82. The molecule has 0 aromatic carbocycles. The number of rotatable bonds is 6. The second-order valence-electron chi connectivity index (χ2n) is 6.72. The maximum Gasteiger partial charge on any atom is 0.434 e. The van der Waals surface area contributed by atoms with Crippen LogP contribution in [0.15, 0.2) is 6.20 Å². The Morgan fingerprint density at radius 1 is 1.32 bits per heavy atom. The number of thiazole rings is 1. The van der Waals surface area contributed by atoms with Gasteiger partial charge in [-0.15, -0.1) is 11.3 Å². The molecule has 1 aliphatic rings. The summed E-state index contributed by atoms with van der Waals surface area (Å²) >= 11 is 3.28. The summed E-state index contributed by atoms with van der Waals surface area (Å²) < 4.78 is 79.2. The summed E-state index contributed by atoms with van der Waals surface area (Å²) in [4.78, 5) is 22.2. The van der Waals surface area contributed by atoms with Crippen LogP contribution in [0.2, 0.25) is 0 Å². The van der Waals surface area contributed by atoms with Crippen molar-refractivity contribution in [1.82, 2.24) is 19.3 Å². The number of hydrogen-bond donors (Lipinski definition) is 1. The van der Waals surface area contributed by atoms with Gasteiger partial charge in [0.15, 0.2) is 16.5 Å². The molecule has 0 unspecified atom stereocenters. The summed E-state index contributed by atoms with van der Waals surface area (Å²) in [7, 11) is -3.31. The third-order valence-electron chi connectivity index (χ3n) is 4.47. The summed E-state index contributed by atoms with van der Waals surface area (Å²) in [5.41, 5.74) is -2.02. The molecule has 1 fully saturated rings. The first-order valence-corrected chi connectivity index (χ1v) is 12.6. The van der Waals surface area contributed by atoms with E-state index in [0.717, 1.165) is 12.5 Å². The molecular formula is C16H16BrF4N5O3S2. The lowest BCUT2D eigenvalue weighted by Crippen LogP contribution is -2.42. The van der Waals surface area contributed by atoms with Crippen LogP contribution in [-0.2, 0) is 16.2 Å². The summed E-state index contributed by atoms with van der Waals surface area (Å²) in [6, 6.07) is -0.245. The minimum atomic E-state index is -4.92. The largest absolute Gasteiger partial charge is 0.434 e. The van der Waals surface area contributed by atoms with Gasteiger partial charge in [0, 0.05) is 19.1 Å². The number of nitrogens with zero attached hydrogens (tertiary/aromatic N) is 4. The molecule has 0 saturated carbocycles. The molecule has 8 nitrogen and oxygen atoms in total. The molecule has 0 amide bonds. The molecule has 1 saturated heterocycles. The third-order valence-corrected chi connectivity index (χ3v) is 7.39. The van der Waals surface area contributed by atoms with E-state index in [-0.39, 0.29) is 30.4 Å². The molecule has 31 heavy (non-hydrogen) atoms. The first-order chi connectivity index (χ1) is 14.4. The summed E-state index contributed by atoms with van der Waals surface area (Å²) in [6.45, 7) is 0.519. The SMILES string of the molecule is CS(=O)(=O)N1CCC(Nc2ncc(F)c(-c3sc(C(=O)CBr)nc3C(F)(F)F)n2)CC1. The number of nitrogens with one attached hydrogen (secondary N) is 1. The van der Waals surface area contributed by atoms with E-state index in [1.807, 2.05) is 0 Å². The van der Waals surface area contributed by atoms with Crippen LogP contribution in [0.3, 0.4) is 0 Å². The Kier molecular flexibility index (Phi) is 6.98. The topological polar surface area (TPSA) is 105 Å². The van der Waals surface area contributed by atoms with E-state index in [1.54, 1.807) is 0 Å². The van der Waals surface area contributed by atoms with Crippen LogP contribution >= 0.6 is 27.3 Å². The minimum absolute atomic E-state index is 0.107. The molecule has 2 aromatic heterocycles. The molecule has 0 aliphatic carbocycles. The molecular weight excluding hydrogens is 530 g/mol. The van der Waals surface area contributed by atoms with Crippen LogP contribution < -0.4 is 5.32 Å². The molecule has 0 bridgehead atoms. The molecule has 2 aromatic rings. The van der Waals surface area contributed by atoms with Gasteiger partial charge in [-0.05, 0) is 12.8 Å². The predicted octanol–water partition coefficient (Wildman–Crippen LogP) is 3.17.